The summed E-state index contributed by atoms with van der Waals surface area (Å²) in [7, 11) is 0. The second-order valence-electron chi connectivity index (χ2n) is 6.40. The molecule has 1 N–H and O–H groups in total. The van der Waals surface area contributed by atoms with Gasteiger partial charge in [0.25, 0.3) is 11.6 Å². The summed E-state index contributed by atoms with van der Waals surface area (Å²) in [6, 6.07) is 11.4. The Bertz CT molecular complexity index is 880. The van der Waals surface area contributed by atoms with Crippen molar-refractivity contribution in [1.82, 2.24) is 9.80 Å². The van der Waals surface area contributed by atoms with Crippen LogP contribution in [-0.2, 0) is 4.79 Å². The molecule has 0 spiro atoms. The number of hydrogen-bond donors (Lipinski definition) is 1. The second kappa shape index (κ2) is 8.57. The molecule has 0 aromatic heterocycles. The number of piperazine rings is 1. The summed E-state index contributed by atoms with van der Waals surface area (Å²) in [5.74, 6) is -0.995. The molecule has 1 saturated heterocycles. The van der Waals surface area contributed by atoms with Crippen molar-refractivity contribution >= 4 is 23.2 Å². The van der Waals surface area contributed by atoms with E-state index in [2.05, 4.69) is 5.32 Å². The number of benzene rings is 2. The van der Waals surface area contributed by atoms with Crippen LogP contribution in [-0.4, -0.2) is 59.3 Å². The van der Waals surface area contributed by atoms with Gasteiger partial charge in [-0.25, -0.2) is 4.39 Å². The van der Waals surface area contributed by atoms with Gasteiger partial charge in [0, 0.05) is 37.9 Å². The Morgan fingerprint density at radius 3 is 2.32 bits per heavy atom. The van der Waals surface area contributed by atoms with Gasteiger partial charge >= 0.3 is 0 Å². The fraction of sp³-hybridized carbons (Fsp3) is 0.263. The predicted molar refractivity (Wildman–Crippen MR) is 100 cm³/mol. The zero-order chi connectivity index (χ0) is 20.1. The number of halogens is 1. The quantitative estimate of drug-likeness (QED) is 0.627. The summed E-state index contributed by atoms with van der Waals surface area (Å²) in [5, 5.41) is 13.8. The summed E-state index contributed by atoms with van der Waals surface area (Å²) in [6.07, 6.45) is 0. The molecular weight excluding hydrogens is 367 g/mol. The number of hydrogen-bond acceptors (Lipinski definition) is 5. The van der Waals surface area contributed by atoms with E-state index in [4.69, 9.17) is 0 Å². The first-order valence-corrected chi connectivity index (χ1v) is 8.74. The van der Waals surface area contributed by atoms with E-state index in [1.807, 2.05) is 4.90 Å². The Kier molecular flexibility index (Phi) is 5.95. The second-order valence-corrected chi connectivity index (χ2v) is 6.40. The maximum Gasteiger partial charge on any atom is 0.282 e. The van der Waals surface area contributed by atoms with Gasteiger partial charge in [0.1, 0.15) is 11.4 Å². The molecule has 1 aliphatic rings. The first kappa shape index (κ1) is 19.4. The highest BCUT2D eigenvalue weighted by atomic mass is 19.1. The topological polar surface area (TPSA) is 95.8 Å². The molecule has 1 aliphatic heterocycles. The van der Waals surface area contributed by atoms with Crippen LogP contribution in [0.2, 0.25) is 0 Å². The highest BCUT2D eigenvalue weighted by Crippen LogP contribution is 2.20. The monoisotopic (exact) mass is 386 g/mol. The molecular formula is C19H19FN4O4. The molecule has 146 valence electrons. The molecule has 28 heavy (non-hydrogen) atoms. The van der Waals surface area contributed by atoms with Crippen LogP contribution in [0.1, 0.15) is 10.4 Å². The smallest absolute Gasteiger partial charge is 0.282 e. The number of nitrogens with one attached hydrogen (secondary N) is 1. The number of rotatable bonds is 5. The number of nitrogens with zero attached hydrogens (tertiary/aromatic N) is 3. The van der Waals surface area contributed by atoms with Crippen LogP contribution in [0.5, 0.6) is 0 Å². The standard InChI is InChI=1S/C19H19FN4O4/c20-14-5-7-15(8-6-14)21-18(25)13-22-9-11-23(12-10-22)19(26)16-3-1-2-4-17(16)24(27)28/h1-8H,9-13H2,(H,21,25). The molecule has 8 nitrogen and oxygen atoms in total. The third-order valence-corrected chi connectivity index (χ3v) is 4.49. The lowest BCUT2D eigenvalue weighted by Crippen LogP contribution is -2.50. The molecule has 0 saturated carbocycles. The fourth-order valence-corrected chi connectivity index (χ4v) is 3.03. The van der Waals surface area contributed by atoms with Crippen molar-refractivity contribution in [2.24, 2.45) is 0 Å². The molecule has 3 rings (SSSR count). The van der Waals surface area contributed by atoms with Crippen LogP contribution in [0.4, 0.5) is 15.8 Å². The van der Waals surface area contributed by atoms with Crippen molar-refractivity contribution < 1.29 is 18.9 Å². The molecule has 2 aromatic rings. The SMILES string of the molecule is O=C(CN1CCN(C(=O)c2ccccc2[N+](=O)[O-])CC1)Nc1ccc(F)cc1. The molecule has 9 heteroatoms. The number of nitro groups is 1. The van der Waals surface area contributed by atoms with E-state index < -0.39 is 4.92 Å². The van der Waals surface area contributed by atoms with Gasteiger partial charge in [0.05, 0.1) is 11.5 Å². The van der Waals surface area contributed by atoms with E-state index >= 15 is 0 Å². The summed E-state index contributed by atoms with van der Waals surface area (Å²) in [5.41, 5.74) is 0.361. The number of carbonyl (C=O) groups excluding carboxylic acids is 2. The minimum absolute atomic E-state index is 0.0648. The Labute approximate surface area is 160 Å². The fourth-order valence-electron chi connectivity index (χ4n) is 3.03. The highest BCUT2D eigenvalue weighted by molar-refractivity contribution is 5.98. The lowest BCUT2D eigenvalue weighted by Gasteiger charge is -2.34. The van der Waals surface area contributed by atoms with Crippen molar-refractivity contribution in [3.05, 3.63) is 70.0 Å². The molecule has 1 heterocycles. The summed E-state index contributed by atoms with van der Waals surface area (Å²) in [6.45, 7) is 1.83. The predicted octanol–water partition coefficient (Wildman–Crippen LogP) is 2.13. The zero-order valence-corrected chi connectivity index (χ0v) is 15.0. The first-order valence-electron chi connectivity index (χ1n) is 8.74. The average molecular weight is 386 g/mol. The Morgan fingerprint density at radius 1 is 1.04 bits per heavy atom. The van der Waals surface area contributed by atoms with E-state index in [9.17, 15) is 24.1 Å². The van der Waals surface area contributed by atoms with Crippen molar-refractivity contribution in [2.75, 3.05) is 38.0 Å². The molecule has 0 atom stereocenters. The van der Waals surface area contributed by atoms with Gasteiger partial charge in [0.15, 0.2) is 0 Å². The average Bonchev–Trinajstić information content (AvgIpc) is 2.69. The molecule has 0 radical (unpaired) electrons. The van der Waals surface area contributed by atoms with Gasteiger partial charge in [-0.15, -0.1) is 0 Å². The normalized spacial score (nSPS) is 14.5. The molecule has 0 unspecified atom stereocenters. The molecule has 0 bridgehead atoms. The Balaban J connectivity index is 1.53. The van der Waals surface area contributed by atoms with Gasteiger partial charge in [-0.2, -0.15) is 0 Å². The summed E-state index contributed by atoms with van der Waals surface area (Å²) in [4.78, 5) is 38.7. The molecule has 2 aromatic carbocycles. The lowest BCUT2D eigenvalue weighted by molar-refractivity contribution is -0.385. The third kappa shape index (κ3) is 4.68. The Hall–Kier alpha value is -3.33. The minimum atomic E-state index is -0.566. The summed E-state index contributed by atoms with van der Waals surface area (Å²) >= 11 is 0. The maximum atomic E-state index is 12.9. The zero-order valence-electron chi connectivity index (χ0n) is 15.0. The van der Waals surface area contributed by atoms with E-state index in [-0.39, 0.29) is 35.4 Å². The van der Waals surface area contributed by atoms with Crippen molar-refractivity contribution in [2.45, 2.75) is 0 Å². The van der Waals surface area contributed by atoms with Gasteiger partial charge in [-0.3, -0.25) is 24.6 Å². The van der Waals surface area contributed by atoms with E-state index in [1.165, 1.54) is 42.5 Å². The molecule has 0 aliphatic carbocycles. The van der Waals surface area contributed by atoms with E-state index in [0.29, 0.717) is 31.9 Å². The molecule has 1 fully saturated rings. The van der Waals surface area contributed by atoms with Gasteiger partial charge < -0.3 is 10.2 Å². The highest BCUT2D eigenvalue weighted by Gasteiger charge is 2.27. The van der Waals surface area contributed by atoms with Crippen LogP contribution >= 0.6 is 0 Å². The number of nitro benzene ring substituents is 1. The van der Waals surface area contributed by atoms with Crippen molar-refractivity contribution in [1.29, 1.82) is 0 Å². The first-order chi connectivity index (χ1) is 13.4. The molecule has 2 amide bonds. The largest absolute Gasteiger partial charge is 0.336 e. The van der Waals surface area contributed by atoms with Crippen LogP contribution < -0.4 is 5.32 Å². The number of carbonyl (C=O) groups is 2. The van der Waals surface area contributed by atoms with Crippen LogP contribution in [0.15, 0.2) is 48.5 Å². The van der Waals surface area contributed by atoms with Gasteiger partial charge in [-0.1, -0.05) is 12.1 Å². The van der Waals surface area contributed by atoms with Crippen molar-refractivity contribution in [3.63, 3.8) is 0 Å². The van der Waals surface area contributed by atoms with Crippen LogP contribution in [0.25, 0.3) is 0 Å². The summed E-state index contributed by atoms with van der Waals surface area (Å²) < 4.78 is 12.9. The van der Waals surface area contributed by atoms with Gasteiger partial charge in [-0.05, 0) is 30.3 Å². The Morgan fingerprint density at radius 2 is 1.68 bits per heavy atom. The van der Waals surface area contributed by atoms with Crippen LogP contribution in [0.3, 0.4) is 0 Å². The maximum absolute atomic E-state index is 12.9. The number of para-hydroxylation sites is 1. The minimum Gasteiger partial charge on any atom is -0.336 e. The third-order valence-electron chi connectivity index (χ3n) is 4.49. The lowest BCUT2D eigenvalue weighted by atomic mass is 10.1. The van der Waals surface area contributed by atoms with Gasteiger partial charge in [0.2, 0.25) is 5.91 Å². The van der Waals surface area contributed by atoms with E-state index in [0.717, 1.165) is 0 Å². The number of amides is 2. The van der Waals surface area contributed by atoms with Crippen LogP contribution in [0, 0.1) is 15.9 Å². The number of anilines is 1. The van der Waals surface area contributed by atoms with Crippen molar-refractivity contribution in [3.8, 4) is 0 Å². The van der Waals surface area contributed by atoms with E-state index in [1.54, 1.807) is 11.0 Å².